The predicted octanol–water partition coefficient (Wildman–Crippen LogP) is 1.59. The van der Waals surface area contributed by atoms with Crippen molar-refractivity contribution >= 4 is 11.5 Å². The van der Waals surface area contributed by atoms with Gasteiger partial charge in [-0.15, -0.1) is 0 Å². The molecule has 2 rings (SSSR count). The van der Waals surface area contributed by atoms with Crippen LogP contribution < -0.4 is 0 Å². The summed E-state index contributed by atoms with van der Waals surface area (Å²) in [5.41, 5.74) is 0.777. The SMILES string of the molecule is CCc1nc(C(=O)O)c2ccccn12. The monoisotopic (exact) mass is 190 g/mol. The molecule has 4 nitrogen and oxygen atoms in total. The fraction of sp³-hybridized carbons (Fsp3) is 0.200. The van der Waals surface area contributed by atoms with Crippen LogP contribution >= 0.6 is 0 Å². The van der Waals surface area contributed by atoms with Crippen molar-refractivity contribution in [2.45, 2.75) is 13.3 Å². The third-order valence-electron chi connectivity index (χ3n) is 2.14. The Morgan fingerprint density at radius 1 is 1.57 bits per heavy atom. The van der Waals surface area contributed by atoms with Gasteiger partial charge in [0.2, 0.25) is 0 Å². The molecule has 0 aromatic carbocycles. The summed E-state index contributed by atoms with van der Waals surface area (Å²) in [4.78, 5) is 14.9. The Hall–Kier alpha value is -1.84. The van der Waals surface area contributed by atoms with Crippen LogP contribution in [0.4, 0.5) is 0 Å². The van der Waals surface area contributed by atoms with Gasteiger partial charge in [0.05, 0.1) is 5.52 Å². The van der Waals surface area contributed by atoms with Gasteiger partial charge in [-0.2, -0.15) is 0 Å². The van der Waals surface area contributed by atoms with Crippen molar-refractivity contribution in [2.24, 2.45) is 0 Å². The molecule has 0 saturated heterocycles. The molecule has 0 unspecified atom stereocenters. The molecule has 0 bridgehead atoms. The summed E-state index contributed by atoms with van der Waals surface area (Å²) in [5, 5.41) is 8.92. The van der Waals surface area contributed by atoms with Crippen LogP contribution in [-0.4, -0.2) is 20.5 Å². The average Bonchev–Trinajstić information content (AvgIpc) is 2.56. The van der Waals surface area contributed by atoms with Crippen LogP contribution in [0.1, 0.15) is 23.2 Å². The quantitative estimate of drug-likeness (QED) is 0.782. The molecule has 2 aromatic heterocycles. The van der Waals surface area contributed by atoms with Crippen LogP contribution in [0.3, 0.4) is 0 Å². The zero-order chi connectivity index (χ0) is 10.1. The highest BCUT2D eigenvalue weighted by Gasteiger charge is 2.14. The van der Waals surface area contributed by atoms with Crippen LogP contribution in [0.2, 0.25) is 0 Å². The number of hydrogen-bond acceptors (Lipinski definition) is 2. The maximum atomic E-state index is 10.9. The minimum absolute atomic E-state index is 0.127. The van der Waals surface area contributed by atoms with Crippen molar-refractivity contribution in [1.29, 1.82) is 0 Å². The van der Waals surface area contributed by atoms with Crippen LogP contribution in [0.15, 0.2) is 24.4 Å². The zero-order valence-corrected chi connectivity index (χ0v) is 7.77. The number of imidazole rings is 1. The lowest BCUT2D eigenvalue weighted by Crippen LogP contribution is -1.97. The average molecular weight is 190 g/mol. The molecule has 0 spiro atoms. The number of carboxylic acids is 1. The molecule has 4 heteroatoms. The summed E-state index contributed by atoms with van der Waals surface area (Å²) in [6.07, 6.45) is 2.55. The predicted molar refractivity (Wildman–Crippen MR) is 51.5 cm³/mol. The van der Waals surface area contributed by atoms with E-state index in [9.17, 15) is 4.79 Å². The first-order chi connectivity index (χ1) is 6.74. The molecular weight excluding hydrogens is 180 g/mol. The van der Waals surface area contributed by atoms with Gasteiger partial charge in [0.15, 0.2) is 5.69 Å². The highest BCUT2D eigenvalue weighted by molar-refractivity contribution is 5.93. The van der Waals surface area contributed by atoms with E-state index in [2.05, 4.69) is 4.98 Å². The number of nitrogens with zero attached hydrogens (tertiary/aromatic N) is 2. The molecule has 0 aliphatic carbocycles. The van der Waals surface area contributed by atoms with Gasteiger partial charge in [0.25, 0.3) is 0 Å². The standard InChI is InChI=1S/C10H10N2O2/c1-2-8-11-9(10(13)14)7-5-3-4-6-12(7)8/h3-6H,2H2,1H3,(H,13,14). The lowest BCUT2D eigenvalue weighted by molar-refractivity contribution is 0.0693. The molecule has 0 atom stereocenters. The number of fused-ring (bicyclic) bond motifs is 1. The number of carbonyl (C=O) groups is 1. The molecule has 0 amide bonds. The fourth-order valence-corrected chi connectivity index (χ4v) is 1.51. The topological polar surface area (TPSA) is 54.6 Å². The summed E-state index contributed by atoms with van der Waals surface area (Å²) in [5.74, 6) is -0.202. The van der Waals surface area contributed by atoms with E-state index in [0.717, 1.165) is 12.2 Å². The number of aromatic carboxylic acids is 1. The minimum Gasteiger partial charge on any atom is -0.476 e. The normalized spacial score (nSPS) is 10.6. The Morgan fingerprint density at radius 2 is 2.36 bits per heavy atom. The second-order valence-corrected chi connectivity index (χ2v) is 2.99. The molecule has 14 heavy (non-hydrogen) atoms. The molecule has 0 radical (unpaired) electrons. The van der Waals surface area contributed by atoms with Gasteiger partial charge in [0.1, 0.15) is 5.82 Å². The summed E-state index contributed by atoms with van der Waals surface area (Å²) < 4.78 is 1.81. The summed E-state index contributed by atoms with van der Waals surface area (Å²) in [6.45, 7) is 1.95. The molecule has 1 N–H and O–H groups in total. The number of aryl methyl sites for hydroxylation is 1. The van der Waals surface area contributed by atoms with Crippen LogP contribution in [-0.2, 0) is 6.42 Å². The van der Waals surface area contributed by atoms with Crippen molar-refractivity contribution in [3.63, 3.8) is 0 Å². The second-order valence-electron chi connectivity index (χ2n) is 2.99. The van der Waals surface area contributed by atoms with E-state index in [-0.39, 0.29) is 5.69 Å². The fourth-order valence-electron chi connectivity index (χ4n) is 1.51. The first-order valence-corrected chi connectivity index (χ1v) is 4.43. The van der Waals surface area contributed by atoms with Crippen LogP contribution in [0.5, 0.6) is 0 Å². The van der Waals surface area contributed by atoms with E-state index < -0.39 is 5.97 Å². The highest BCUT2D eigenvalue weighted by atomic mass is 16.4. The van der Waals surface area contributed by atoms with Gasteiger partial charge >= 0.3 is 5.97 Å². The van der Waals surface area contributed by atoms with Gasteiger partial charge in [0, 0.05) is 12.6 Å². The molecule has 0 saturated carbocycles. The van der Waals surface area contributed by atoms with E-state index in [1.807, 2.05) is 29.7 Å². The van der Waals surface area contributed by atoms with Gasteiger partial charge in [-0.25, -0.2) is 9.78 Å². The zero-order valence-electron chi connectivity index (χ0n) is 7.77. The Labute approximate surface area is 80.8 Å². The summed E-state index contributed by atoms with van der Waals surface area (Å²) in [6, 6.07) is 5.43. The molecule has 0 aliphatic heterocycles. The molecule has 72 valence electrons. The van der Waals surface area contributed by atoms with E-state index in [1.54, 1.807) is 6.07 Å². The van der Waals surface area contributed by atoms with Gasteiger partial charge in [-0.3, -0.25) is 0 Å². The smallest absolute Gasteiger partial charge is 0.356 e. The maximum absolute atomic E-state index is 10.9. The number of hydrogen-bond donors (Lipinski definition) is 1. The Morgan fingerprint density at radius 3 is 3.00 bits per heavy atom. The Kier molecular flexibility index (Phi) is 1.96. The Bertz CT molecular complexity index is 488. The van der Waals surface area contributed by atoms with Crippen LogP contribution in [0, 0.1) is 0 Å². The van der Waals surface area contributed by atoms with Gasteiger partial charge < -0.3 is 9.51 Å². The van der Waals surface area contributed by atoms with Gasteiger partial charge in [-0.05, 0) is 12.1 Å². The molecular formula is C10H10N2O2. The van der Waals surface area contributed by atoms with E-state index in [1.165, 1.54) is 0 Å². The summed E-state index contributed by atoms with van der Waals surface area (Å²) in [7, 11) is 0. The molecule has 0 fully saturated rings. The van der Waals surface area contributed by atoms with Crippen molar-refractivity contribution in [3.8, 4) is 0 Å². The number of carboxylic acid groups (broad SMARTS) is 1. The van der Waals surface area contributed by atoms with E-state index >= 15 is 0 Å². The first-order valence-electron chi connectivity index (χ1n) is 4.43. The number of aromatic nitrogens is 2. The largest absolute Gasteiger partial charge is 0.476 e. The van der Waals surface area contributed by atoms with E-state index in [4.69, 9.17) is 5.11 Å². The number of pyridine rings is 1. The lowest BCUT2D eigenvalue weighted by atomic mass is 10.3. The third kappa shape index (κ3) is 1.16. The second kappa shape index (κ2) is 3.14. The van der Waals surface area contributed by atoms with E-state index in [0.29, 0.717) is 5.52 Å². The highest BCUT2D eigenvalue weighted by Crippen LogP contribution is 2.13. The summed E-state index contributed by atoms with van der Waals surface area (Å²) >= 11 is 0. The molecule has 0 aliphatic rings. The minimum atomic E-state index is -0.978. The molecule has 2 heterocycles. The number of rotatable bonds is 2. The Balaban J connectivity index is 2.80. The van der Waals surface area contributed by atoms with Crippen molar-refractivity contribution in [1.82, 2.24) is 9.38 Å². The van der Waals surface area contributed by atoms with Crippen molar-refractivity contribution in [3.05, 3.63) is 35.9 Å². The van der Waals surface area contributed by atoms with Crippen molar-refractivity contribution in [2.75, 3.05) is 0 Å². The molecule has 2 aromatic rings. The lowest BCUT2D eigenvalue weighted by Gasteiger charge is -1.95. The van der Waals surface area contributed by atoms with Gasteiger partial charge in [-0.1, -0.05) is 13.0 Å². The van der Waals surface area contributed by atoms with Crippen LogP contribution in [0.25, 0.3) is 5.52 Å². The third-order valence-corrected chi connectivity index (χ3v) is 2.14. The van der Waals surface area contributed by atoms with Crippen molar-refractivity contribution < 1.29 is 9.90 Å². The maximum Gasteiger partial charge on any atom is 0.356 e. The first kappa shape index (κ1) is 8.74.